The van der Waals surface area contributed by atoms with Crippen LogP contribution in [0, 0.1) is 0 Å². The first-order valence-electron chi connectivity index (χ1n) is 8.20. The van der Waals surface area contributed by atoms with Crippen LogP contribution < -0.4 is 5.32 Å². The Bertz CT molecular complexity index is 680. The van der Waals surface area contributed by atoms with Gasteiger partial charge in [-0.05, 0) is 38.8 Å². The number of aryl methyl sites for hydroxylation is 1. The molecule has 0 spiro atoms. The van der Waals surface area contributed by atoms with Gasteiger partial charge < -0.3 is 14.6 Å². The molecule has 1 aromatic carbocycles. The van der Waals surface area contributed by atoms with E-state index in [2.05, 4.69) is 27.9 Å². The number of fused-ring (bicyclic) bond motifs is 1. The summed E-state index contributed by atoms with van der Waals surface area (Å²) < 4.78 is 7.70. The minimum Gasteiger partial charge on any atom is -0.376 e. The van der Waals surface area contributed by atoms with Crippen LogP contribution in [0.25, 0.3) is 11.0 Å². The van der Waals surface area contributed by atoms with Gasteiger partial charge in [0.15, 0.2) is 5.16 Å². The second-order valence-electron chi connectivity index (χ2n) is 5.77. The molecule has 1 aliphatic heterocycles. The highest BCUT2D eigenvalue weighted by atomic mass is 32.2. The Morgan fingerprint density at radius 3 is 3.09 bits per heavy atom. The summed E-state index contributed by atoms with van der Waals surface area (Å²) in [5, 5.41) is 3.71. The minimum absolute atomic E-state index is 0.0419. The first-order chi connectivity index (χ1) is 11.2. The molecule has 1 aromatic heterocycles. The molecule has 3 rings (SSSR count). The van der Waals surface area contributed by atoms with Gasteiger partial charge in [0.05, 0.1) is 22.4 Å². The van der Waals surface area contributed by atoms with E-state index >= 15 is 0 Å². The Morgan fingerprint density at radius 1 is 1.52 bits per heavy atom. The van der Waals surface area contributed by atoms with Gasteiger partial charge in [-0.15, -0.1) is 0 Å². The fraction of sp³-hybridized carbons (Fsp3) is 0.529. The predicted octanol–water partition coefficient (Wildman–Crippen LogP) is 2.83. The number of amides is 1. The maximum Gasteiger partial charge on any atom is 0.233 e. The van der Waals surface area contributed by atoms with Crippen LogP contribution in [-0.2, 0) is 16.1 Å². The summed E-state index contributed by atoms with van der Waals surface area (Å²) in [5.41, 5.74) is 2.09. The van der Waals surface area contributed by atoms with Crippen LogP contribution in [-0.4, -0.2) is 40.0 Å². The van der Waals surface area contributed by atoms with E-state index < -0.39 is 0 Å². The van der Waals surface area contributed by atoms with Crippen LogP contribution in [0.4, 0.5) is 0 Å². The largest absolute Gasteiger partial charge is 0.376 e. The highest BCUT2D eigenvalue weighted by Gasteiger charge is 2.21. The van der Waals surface area contributed by atoms with E-state index in [0.717, 1.165) is 42.2 Å². The van der Waals surface area contributed by atoms with Crippen molar-refractivity contribution in [3.63, 3.8) is 0 Å². The fourth-order valence-corrected chi connectivity index (χ4v) is 3.84. The van der Waals surface area contributed by atoms with Crippen molar-refractivity contribution in [2.75, 3.05) is 13.2 Å². The maximum atomic E-state index is 12.3. The van der Waals surface area contributed by atoms with Crippen LogP contribution in [0.15, 0.2) is 29.4 Å². The zero-order chi connectivity index (χ0) is 16.2. The topological polar surface area (TPSA) is 56.2 Å². The molecule has 1 amide bonds. The average Bonchev–Trinajstić information content (AvgIpc) is 3.19. The lowest BCUT2D eigenvalue weighted by Crippen LogP contribution is -2.36. The summed E-state index contributed by atoms with van der Waals surface area (Å²) in [6.07, 6.45) is 2.30. The number of hydrogen-bond acceptors (Lipinski definition) is 4. The molecule has 6 heteroatoms. The van der Waals surface area contributed by atoms with Crippen LogP contribution in [0.3, 0.4) is 0 Å². The molecule has 2 atom stereocenters. The smallest absolute Gasteiger partial charge is 0.233 e. The number of para-hydroxylation sites is 2. The Balaban J connectivity index is 1.64. The van der Waals surface area contributed by atoms with E-state index in [1.807, 2.05) is 25.1 Å². The summed E-state index contributed by atoms with van der Waals surface area (Å²) in [5.74, 6) is 0.0419. The molecule has 2 aromatic rings. The Hall–Kier alpha value is -1.53. The van der Waals surface area contributed by atoms with Gasteiger partial charge in [-0.1, -0.05) is 23.9 Å². The summed E-state index contributed by atoms with van der Waals surface area (Å²) >= 11 is 1.51. The van der Waals surface area contributed by atoms with Crippen LogP contribution >= 0.6 is 11.8 Å². The standard InChI is InChI=1S/C17H23N3O2S/c1-3-20-15-9-5-4-8-14(15)19-17(20)23-12(2)16(21)18-11-13-7-6-10-22-13/h4-5,8-9,12-13H,3,6-7,10-11H2,1-2H3,(H,18,21)/t12-,13+/m1/s1. The van der Waals surface area contributed by atoms with E-state index in [4.69, 9.17) is 4.74 Å². The molecule has 5 nitrogen and oxygen atoms in total. The number of rotatable bonds is 6. The third-order valence-electron chi connectivity index (χ3n) is 4.12. The molecular formula is C17H23N3O2S. The number of nitrogens with zero attached hydrogens (tertiary/aromatic N) is 2. The monoisotopic (exact) mass is 333 g/mol. The van der Waals surface area contributed by atoms with E-state index in [0.29, 0.717) is 6.54 Å². The van der Waals surface area contributed by atoms with Gasteiger partial charge in [0.1, 0.15) is 0 Å². The van der Waals surface area contributed by atoms with Crippen molar-refractivity contribution in [2.24, 2.45) is 0 Å². The van der Waals surface area contributed by atoms with Crippen LogP contribution in [0.5, 0.6) is 0 Å². The average molecular weight is 333 g/mol. The van der Waals surface area contributed by atoms with Crippen molar-refractivity contribution < 1.29 is 9.53 Å². The van der Waals surface area contributed by atoms with Crippen molar-refractivity contribution >= 4 is 28.7 Å². The molecule has 2 heterocycles. The number of thioether (sulfide) groups is 1. The molecule has 0 radical (unpaired) electrons. The third-order valence-corrected chi connectivity index (χ3v) is 5.21. The van der Waals surface area contributed by atoms with Gasteiger partial charge in [0.2, 0.25) is 5.91 Å². The number of ether oxygens (including phenoxy) is 1. The summed E-state index contributed by atoms with van der Waals surface area (Å²) in [7, 11) is 0. The normalized spacial score (nSPS) is 19.1. The molecule has 1 fully saturated rings. The van der Waals surface area contributed by atoms with Gasteiger partial charge in [-0.25, -0.2) is 4.98 Å². The summed E-state index contributed by atoms with van der Waals surface area (Å²) in [6, 6.07) is 8.08. The summed E-state index contributed by atoms with van der Waals surface area (Å²) in [4.78, 5) is 17.0. The van der Waals surface area contributed by atoms with E-state index in [-0.39, 0.29) is 17.3 Å². The molecule has 0 saturated carbocycles. The number of benzene rings is 1. The molecule has 23 heavy (non-hydrogen) atoms. The highest BCUT2D eigenvalue weighted by molar-refractivity contribution is 8.00. The van der Waals surface area contributed by atoms with Gasteiger partial charge in [-0.2, -0.15) is 0 Å². The zero-order valence-electron chi connectivity index (χ0n) is 13.6. The lowest BCUT2D eigenvalue weighted by atomic mass is 10.2. The molecule has 0 bridgehead atoms. The first-order valence-corrected chi connectivity index (χ1v) is 9.08. The SMILES string of the molecule is CCn1c(S[C@H](C)C(=O)NC[C@@H]2CCCO2)nc2ccccc21. The molecular weight excluding hydrogens is 310 g/mol. The molecule has 0 unspecified atom stereocenters. The minimum atomic E-state index is -0.182. The molecule has 0 aliphatic carbocycles. The molecule has 1 aliphatic rings. The van der Waals surface area contributed by atoms with Gasteiger partial charge in [-0.3, -0.25) is 4.79 Å². The van der Waals surface area contributed by atoms with Crippen molar-refractivity contribution in [1.29, 1.82) is 0 Å². The first kappa shape index (κ1) is 16.3. The molecule has 124 valence electrons. The lowest BCUT2D eigenvalue weighted by Gasteiger charge is -2.15. The number of carbonyl (C=O) groups excluding carboxylic acids is 1. The number of aromatic nitrogens is 2. The van der Waals surface area contributed by atoms with Crippen molar-refractivity contribution in [2.45, 2.75) is 49.7 Å². The maximum absolute atomic E-state index is 12.3. The lowest BCUT2D eigenvalue weighted by molar-refractivity contribution is -0.120. The third kappa shape index (κ3) is 3.70. The van der Waals surface area contributed by atoms with E-state index in [9.17, 15) is 4.79 Å². The second-order valence-corrected chi connectivity index (χ2v) is 7.08. The zero-order valence-corrected chi connectivity index (χ0v) is 14.4. The summed E-state index contributed by atoms with van der Waals surface area (Å²) in [6.45, 7) is 6.28. The Kier molecular flexibility index (Phi) is 5.23. The van der Waals surface area contributed by atoms with Gasteiger partial charge >= 0.3 is 0 Å². The van der Waals surface area contributed by atoms with Crippen molar-refractivity contribution in [1.82, 2.24) is 14.9 Å². The van der Waals surface area contributed by atoms with Crippen molar-refractivity contribution in [3.05, 3.63) is 24.3 Å². The second kappa shape index (κ2) is 7.36. The van der Waals surface area contributed by atoms with E-state index in [1.54, 1.807) is 0 Å². The van der Waals surface area contributed by atoms with Crippen molar-refractivity contribution in [3.8, 4) is 0 Å². The Morgan fingerprint density at radius 2 is 2.35 bits per heavy atom. The van der Waals surface area contributed by atoms with Crippen LogP contribution in [0.2, 0.25) is 0 Å². The predicted molar refractivity (Wildman–Crippen MR) is 92.7 cm³/mol. The number of carbonyl (C=O) groups is 1. The molecule has 1 N–H and O–H groups in total. The number of hydrogen-bond donors (Lipinski definition) is 1. The molecule has 1 saturated heterocycles. The number of imidazole rings is 1. The Labute approximate surface area is 140 Å². The fourth-order valence-electron chi connectivity index (χ4n) is 2.82. The van der Waals surface area contributed by atoms with E-state index in [1.165, 1.54) is 11.8 Å². The quantitative estimate of drug-likeness (QED) is 0.826. The van der Waals surface area contributed by atoms with Gasteiger partial charge in [0, 0.05) is 19.7 Å². The highest BCUT2D eigenvalue weighted by Crippen LogP contribution is 2.27. The number of nitrogens with one attached hydrogen (secondary N) is 1. The van der Waals surface area contributed by atoms with Gasteiger partial charge in [0.25, 0.3) is 0 Å². The van der Waals surface area contributed by atoms with Crippen LogP contribution in [0.1, 0.15) is 26.7 Å².